The van der Waals surface area contributed by atoms with Gasteiger partial charge in [-0.3, -0.25) is 19.5 Å². The zero-order valence-electron chi connectivity index (χ0n) is 16.6. The van der Waals surface area contributed by atoms with Gasteiger partial charge in [-0.2, -0.15) is 0 Å². The van der Waals surface area contributed by atoms with Gasteiger partial charge in [-0.05, 0) is 38.0 Å². The Labute approximate surface area is 165 Å². The topological polar surface area (TPSA) is 73.8 Å². The number of carbonyl (C=O) groups is 2. The van der Waals surface area contributed by atoms with Crippen molar-refractivity contribution in [1.82, 2.24) is 15.5 Å². The molecule has 2 N–H and O–H groups in total. The maximum Gasteiger partial charge on any atom is 0.261 e. The first-order valence-electron chi connectivity index (χ1n) is 9.46. The summed E-state index contributed by atoms with van der Waals surface area (Å²) in [7, 11) is 1.70. The van der Waals surface area contributed by atoms with Crippen LogP contribution in [0.4, 0.5) is 0 Å². The minimum Gasteiger partial charge on any atom is -0.356 e. The quantitative estimate of drug-likeness (QED) is 0.460. The lowest BCUT2D eigenvalue weighted by Gasteiger charge is -2.16. The molecule has 0 aromatic heterocycles. The molecule has 0 atom stereocenters. The van der Waals surface area contributed by atoms with Gasteiger partial charge < -0.3 is 10.6 Å². The molecule has 146 valence electrons. The molecule has 0 bridgehead atoms. The number of nitrogens with one attached hydrogen (secondary N) is 2. The molecule has 6 heteroatoms. The van der Waals surface area contributed by atoms with Crippen molar-refractivity contribution in [3.8, 4) is 0 Å². The monoisotopic (exact) mass is 378 g/mol. The Balaban J connectivity index is 1.46. The highest BCUT2D eigenvalue weighted by Crippen LogP contribution is 2.21. The van der Waals surface area contributed by atoms with Crippen LogP contribution in [0.1, 0.15) is 37.4 Å². The molecule has 0 fully saturated rings. The average Bonchev–Trinajstić information content (AvgIpc) is 2.91. The third-order valence-electron chi connectivity index (χ3n) is 4.72. The smallest absolute Gasteiger partial charge is 0.261 e. The number of guanidine groups is 1. The number of imide groups is 1. The van der Waals surface area contributed by atoms with Crippen LogP contribution in [0.15, 0.2) is 47.5 Å². The van der Waals surface area contributed by atoms with E-state index in [0.717, 1.165) is 13.0 Å². The number of fused-ring (bicyclic) bond motifs is 1. The van der Waals surface area contributed by atoms with E-state index in [2.05, 4.69) is 47.7 Å². The predicted octanol–water partition coefficient (Wildman–Crippen LogP) is 2.31. The molecular weight excluding hydrogens is 352 g/mol. The number of rotatable bonds is 6. The summed E-state index contributed by atoms with van der Waals surface area (Å²) in [6.07, 6.45) is 0.891. The molecule has 28 heavy (non-hydrogen) atoms. The number of amides is 2. The van der Waals surface area contributed by atoms with Crippen LogP contribution >= 0.6 is 0 Å². The summed E-state index contributed by atoms with van der Waals surface area (Å²) < 4.78 is 0. The number of hydrogen-bond donors (Lipinski definition) is 2. The number of carbonyl (C=O) groups excluding carboxylic acids is 2. The van der Waals surface area contributed by atoms with Crippen molar-refractivity contribution in [3.63, 3.8) is 0 Å². The first-order valence-corrected chi connectivity index (χ1v) is 9.46. The second kappa shape index (κ2) is 8.69. The van der Waals surface area contributed by atoms with Gasteiger partial charge in [0.25, 0.3) is 11.8 Å². The standard InChI is InChI=1S/C22H26N4O2/c1-15-12-16(2)14-17(13-15)8-9-24-22(23-3)25-10-11-26-20(27)18-6-4-5-7-19(18)21(26)28/h4-7,12-14H,8-11H2,1-3H3,(H2,23,24,25). The van der Waals surface area contributed by atoms with Crippen LogP contribution in [-0.2, 0) is 6.42 Å². The van der Waals surface area contributed by atoms with Gasteiger partial charge in [-0.25, -0.2) is 0 Å². The Morgan fingerprint density at radius 1 is 0.929 bits per heavy atom. The molecule has 0 aliphatic carbocycles. The van der Waals surface area contributed by atoms with Gasteiger partial charge in [0.2, 0.25) is 0 Å². The highest BCUT2D eigenvalue weighted by Gasteiger charge is 2.34. The zero-order valence-corrected chi connectivity index (χ0v) is 16.6. The van der Waals surface area contributed by atoms with E-state index in [9.17, 15) is 9.59 Å². The fraction of sp³-hybridized carbons (Fsp3) is 0.318. The summed E-state index contributed by atoms with van der Waals surface area (Å²) in [6, 6.07) is 13.5. The molecular formula is C22H26N4O2. The lowest BCUT2D eigenvalue weighted by molar-refractivity contribution is 0.0657. The second-order valence-electron chi connectivity index (χ2n) is 6.98. The van der Waals surface area contributed by atoms with Gasteiger partial charge in [-0.1, -0.05) is 41.5 Å². The first kappa shape index (κ1) is 19.6. The minimum atomic E-state index is -0.236. The van der Waals surface area contributed by atoms with Gasteiger partial charge in [0.05, 0.1) is 11.1 Å². The number of aryl methyl sites for hydroxylation is 2. The van der Waals surface area contributed by atoms with Crippen molar-refractivity contribution in [3.05, 3.63) is 70.3 Å². The summed E-state index contributed by atoms with van der Waals surface area (Å²) in [4.78, 5) is 30.2. The maximum atomic E-state index is 12.4. The summed E-state index contributed by atoms with van der Waals surface area (Å²) in [6.45, 7) is 5.68. The molecule has 1 heterocycles. The summed E-state index contributed by atoms with van der Waals surface area (Å²) >= 11 is 0. The van der Waals surface area contributed by atoms with Crippen molar-refractivity contribution in [1.29, 1.82) is 0 Å². The number of aliphatic imine (C=N–C) groups is 1. The van der Waals surface area contributed by atoms with Crippen LogP contribution in [0, 0.1) is 13.8 Å². The predicted molar refractivity (Wildman–Crippen MR) is 111 cm³/mol. The molecule has 1 aliphatic rings. The molecule has 0 unspecified atom stereocenters. The molecule has 3 rings (SSSR count). The van der Waals surface area contributed by atoms with Crippen molar-refractivity contribution in [2.24, 2.45) is 4.99 Å². The second-order valence-corrected chi connectivity index (χ2v) is 6.98. The third-order valence-corrected chi connectivity index (χ3v) is 4.72. The fourth-order valence-corrected chi connectivity index (χ4v) is 3.49. The summed E-state index contributed by atoms with van der Waals surface area (Å²) in [5, 5.41) is 6.44. The molecule has 6 nitrogen and oxygen atoms in total. The van der Waals surface area contributed by atoms with Gasteiger partial charge >= 0.3 is 0 Å². The zero-order chi connectivity index (χ0) is 20.1. The number of benzene rings is 2. The molecule has 0 spiro atoms. The van der Waals surface area contributed by atoms with Crippen molar-refractivity contribution >= 4 is 17.8 Å². The van der Waals surface area contributed by atoms with Crippen molar-refractivity contribution in [2.75, 3.05) is 26.7 Å². The highest BCUT2D eigenvalue weighted by molar-refractivity contribution is 6.21. The van der Waals surface area contributed by atoms with Crippen molar-refractivity contribution < 1.29 is 9.59 Å². The van der Waals surface area contributed by atoms with Gasteiger partial charge in [-0.15, -0.1) is 0 Å². The van der Waals surface area contributed by atoms with Crippen LogP contribution in [0.5, 0.6) is 0 Å². The van der Waals surface area contributed by atoms with E-state index in [1.54, 1.807) is 31.3 Å². The SMILES string of the molecule is CN=C(NCCc1cc(C)cc(C)c1)NCCN1C(=O)c2ccccc2C1=O. The van der Waals surface area contributed by atoms with Crippen LogP contribution in [0.25, 0.3) is 0 Å². The first-order chi connectivity index (χ1) is 13.5. The van der Waals surface area contributed by atoms with E-state index in [1.807, 2.05) is 0 Å². The molecule has 0 saturated carbocycles. The van der Waals surface area contributed by atoms with E-state index in [4.69, 9.17) is 0 Å². The van der Waals surface area contributed by atoms with E-state index >= 15 is 0 Å². The van der Waals surface area contributed by atoms with Crippen LogP contribution in [0.2, 0.25) is 0 Å². The van der Waals surface area contributed by atoms with E-state index in [-0.39, 0.29) is 11.8 Å². The summed E-state index contributed by atoms with van der Waals surface area (Å²) in [5.74, 6) is 0.182. The Hall–Kier alpha value is -3.15. The average molecular weight is 378 g/mol. The number of hydrogen-bond acceptors (Lipinski definition) is 3. The number of nitrogens with zero attached hydrogens (tertiary/aromatic N) is 2. The minimum absolute atomic E-state index is 0.236. The summed E-state index contributed by atoms with van der Waals surface area (Å²) in [5.41, 5.74) is 4.76. The highest BCUT2D eigenvalue weighted by atomic mass is 16.2. The maximum absolute atomic E-state index is 12.4. The van der Waals surface area contributed by atoms with Gasteiger partial charge in [0.15, 0.2) is 5.96 Å². The third kappa shape index (κ3) is 4.39. The van der Waals surface area contributed by atoms with E-state index in [1.165, 1.54) is 21.6 Å². The Kier molecular flexibility index (Phi) is 6.09. The molecule has 2 amide bonds. The molecule has 0 saturated heterocycles. The van der Waals surface area contributed by atoms with Crippen LogP contribution in [0.3, 0.4) is 0 Å². The van der Waals surface area contributed by atoms with Gasteiger partial charge in [0, 0.05) is 26.7 Å². The fourth-order valence-electron chi connectivity index (χ4n) is 3.49. The van der Waals surface area contributed by atoms with Crippen molar-refractivity contribution in [2.45, 2.75) is 20.3 Å². The lowest BCUT2D eigenvalue weighted by atomic mass is 10.1. The normalized spacial score (nSPS) is 13.7. The van der Waals surface area contributed by atoms with Crippen LogP contribution in [-0.4, -0.2) is 49.4 Å². The van der Waals surface area contributed by atoms with E-state index < -0.39 is 0 Å². The van der Waals surface area contributed by atoms with E-state index in [0.29, 0.717) is 30.2 Å². The largest absolute Gasteiger partial charge is 0.356 e. The Morgan fingerprint density at radius 2 is 1.50 bits per heavy atom. The Morgan fingerprint density at radius 3 is 2.07 bits per heavy atom. The Bertz CT molecular complexity index is 865. The van der Waals surface area contributed by atoms with Gasteiger partial charge in [0.1, 0.15) is 0 Å². The lowest BCUT2D eigenvalue weighted by Crippen LogP contribution is -2.43. The van der Waals surface area contributed by atoms with Crippen LogP contribution < -0.4 is 10.6 Å². The molecule has 2 aromatic carbocycles. The molecule has 0 radical (unpaired) electrons. The molecule has 1 aliphatic heterocycles. The molecule has 2 aromatic rings.